The van der Waals surface area contributed by atoms with Crippen LogP contribution in [0, 0.1) is 24.0 Å². The average molecular weight is 435 g/mol. The van der Waals surface area contributed by atoms with Crippen molar-refractivity contribution in [2.75, 3.05) is 5.32 Å². The van der Waals surface area contributed by atoms with Gasteiger partial charge < -0.3 is 10.1 Å². The molecule has 1 heterocycles. The zero-order valence-corrected chi connectivity index (χ0v) is 17.2. The summed E-state index contributed by atoms with van der Waals surface area (Å²) in [4.78, 5) is 23.4. The Balaban J connectivity index is 1.94. The molecule has 3 rings (SSSR count). The van der Waals surface area contributed by atoms with Crippen molar-refractivity contribution in [3.8, 4) is 11.5 Å². The van der Waals surface area contributed by atoms with E-state index >= 15 is 0 Å². The van der Waals surface area contributed by atoms with Gasteiger partial charge in [0.1, 0.15) is 11.5 Å². The van der Waals surface area contributed by atoms with Gasteiger partial charge in [0.15, 0.2) is 0 Å². The highest BCUT2D eigenvalue weighted by molar-refractivity contribution is 6.35. The second-order valence-corrected chi connectivity index (χ2v) is 7.12. The zero-order chi connectivity index (χ0) is 21.3. The van der Waals surface area contributed by atoms with Crippen LogP contribution in [0.3, 0.4) is 0 Å². The highest BCUT2D eigenvalue weighted by atomic mass is 35.5. The lowest BCUT2D eigenvalue weighted by Gasteiger charge is -2.11. The highest BCUT2D eigenvalue weighted by Crippen LogP contribution is 2.34. The first-order valence-electron chi connectivity index (χ1n) is 8.39. The van der Waals surface area contributed by atoms with E-state index in [0.29, 0.717) is 22.0 Å². The van der Waals surface area contributed by atoms with Gasteiger partial charge in [-0.25, -0.2) is 0 Å². The summed E-state index contributed by atoms with van der Waals surface area (Å²) in [6.45, 7) is 3.48. The van der Waals surface area contributed by atoms with Crippen molar-refractivity contribution in [1.82, 2.24) is 9.78 Å². The van der Waals surface area contributed by atoms with Gasteiger partial charge >= 0.3 is 0 Å². The number of halogens is 2. The van der Waals surface area contributed by atoms with E-state index in [1.54, 1.807) is 37.7 Å². The molecule has 1 aromatic heterocycles. The van der Waals surface area contributed by atoms with Crippen molar-refractivity contribution in [3.63, 3.8) is 0 Å². The van der Waals surface area contributed by atoms with E-state index < -0.39 is 10.8 Å². The molecule has 0 bridgehead atoms. The summed E-state index contributed by atoms with van der Waals surface area (Å²) in [5.74, 6) is -0.0183. The number of ether oxygens (including phenoxy) is 1. The molecule has 0 radical (unpaired) electrons. The fraction of sp³-hybridized carbons (Fsp3) is 0.158. The topological polar surface area (TPSA) is 99.3 Å². The minimum atomic E-state index is -0.577. The molecular weight excluding hydrogens is 419 g/mol. The molecule has 2 aromatic carbocycles. The van der Waals surface area contributed by atoms with E-state index in [1.165, 1.54) is 24.3 Å². The molecule has 8 nitrogen and oxygen atoms in total. The highest BCUT2D eigenvalue weighted by Gasteiger charge is 2.19. The summed E-state index contributed by atoms with van der Waals surface area (Å²) >= 11 is 12.0. The van der Waals surface area contributed by atoms with E-state index in [9.17, 15) is 14.9 Å². The summed E-state index contributed by atoms with van der Waals surface area (Å²) < 4.78 is 7.26. The average Bonchev–Trinajstić information content (AvgIpc) is 2.89. The maximum Gasteiger partial charge on any atom is 0.275 e. The summed E-state index contributed by atoms with van der Waals surface area (Å²) in [5, 5.41) is 18.9. The molecule has 29 heavy (non-hydrogen) atoms. The molecule has 1 N–H and O–H groups in total. The maximum absolute atomic E-state index is 12.7. The summed E-state index contributed by atoms with van der Waals surface area (Å²) in [6.07, 6.45) is 0. The number of amides is 1. The molecule has 0 spiro atoms. The van der Waals surface area contributed by atoms with Crippen molar-refractivity contribution in [2.24, 2.45) is 7.05 Å². The molecular formula is C19H16Cl2N4O4. The first kappa shape index (κ1) is 20.6. The van der Waals surface area contributed by atoms with Gasteiger partial charge in [0, 0.05) is 29.9 Å². The minimum absolute atomic E-state index is 0.137. The Kier molecular flexibility index (Phi) is 5.76. The number of carbonyl (C=O) groups is 1. The van der Waals surface area contributed by atoms with E-state index in [2.05, 4.69) is 10.4 Å². The van der Waals surface area contributed by atoms with E-state index in [1.807, 2.05) is 0 Å². The molecule has 0 aliphatic heterocycles. The fourth-order valence-corrected chi connectivity index (χ4v) is 3.25. The van der Waals surface area contributed by atoms with Crippen molar-refractivity contribution >= 4 is 40.5 Å². The SMILES string of the molecule is Cc1nn(C)c(C)c1C(=O)Nc1cc(Oc2ccc(Cl)cc2Cl)cc([N+](=O)[O-])c1. The van der Waals surface area contributed by atoms with Gasteiger partial charge in [0.05, 0.1) is 33.0 Å². The Labute approximate surface area is 176 Å². The maximum atomic E-state index is 12.7. The van der Waals surface area contributed by atoms with Crippen LogP contribution >= 0.6 is 23.2 Å². The fourth-order valence-electron chi connectivity index (χ4n) is 2.80. The second-order valence-electron chi connectivity index (χ2n) is 6.27. The first-order valence-corrected chi connectivity index (χ1v) is 9.15. The Morgan fingerprint density at radius 3 is 2.52 bits per heavy atom. The molecule has 0 saturated heterocycles. The van der Waals surface area contributed by atoms with E-state index in [0.717, 1.165) is 0 Å². The van der Waals surface area contributed by atoms with Crippen LogP contribution in [0.25, 0.3) is 0 Å². The van der Waals surface area contributed by atoms with Crippen LogP contribution in [-0.4, -0.2) is 20.6 Å². The number of nitro benzene ring substituents is 1. The number of non-ortho nitro benzene ring substituents is 1. The third-order valence-corrected chi connectivity index (χ3v) is 4.75. The molecule has 0 saturated carbocycles. The lowest BCUT2D eigenvalue weighted by Crippen LogP contribution is -2.14. The first-order chi connectivity index (χ1) is 13.7. The standard InChI is InChI=1S/C19H16Cl2N4O4/c1-10-18(11(2)24(3)23-10)19(26)22-13-7-14(25(27)28)9-15(8-13)29-17-5-4-12(20)6-16(17)21/h4-9H,1-3H3,(H,22,26). The zero-order valence-electron chi connectivity index (χ0n) is 15.7. The number of hydrogen-bond acceptors (Lipinski definition) is 5. The Morgan fingerprint density at radius 1 is 1.21 bits per heavy atom. The predicted octanol–water partition coefficient (Wildman–Crippen LogP) is 5.30. The number of anilines is 1. The predicted molar refractivity (Wildman–Crippen MR) is 110 cm³/mol. The van der Waals surface area contributed by atoms with Gasteiger partial charge in [-0.1, -0.05) is 23.2 Å². The quantitative estimate of drug-likeness (QED) is 0.433. The van der Waals surface area contributed by atoms with E-state index in [-0.39, 0.29) is 27.9 Å². The van der Waals surface area contributed by atoms with Gasteiger partial charge in [-0.15, -0.1) is 0 Å². The number of nitrogens with one attached hydrogen (secondary N) is 1. The molecule has 0 unspecified atom stereocenters. The number of nitro groups is 1. The Hall–Kier alpha value is -3.10. The Morgan fingerprint density at radius 2 is 1.93 bits per heavy atom. The van der Waals surface area contributed by atoms with Gasteiger partial charge in [-0.3, -0.25) is 19.6 Å². The van der Waals surface area contributed by atoms with E-state index in [4.69, 9.17) is 27.9 Å². The summed E-state index contributed by atoms with van der Waals surface area (Å²) in [5.41, 5.74) is 1.59. The molecule has 0 atom stereocenters. The molecule has 10 heteroatoms. The van der Waals surface area contributed by atoms with Gasteiger partial charge in [-0.2, -0.15) is 5.10 Å². The number of carbonyl (C=O) groups excluding carboxylic acids is 1. The van der Waals surface area contributed by atoms with Crippen molar-refractivity contribution in [2.45, 2.75) is 13.8 Å². The molecule has 1 amide bonds. The third kappa shape index (κ3) is 4.49. The van der Waals surface area contributed by atoms with Crippen LogP contribution in [0.5, 0.6) is 11.5 Å². The number of nitrogens with zero attached hydrogens (tertiary/aromatic N) is 3. The van der Waals surface area contributed by atoms with Gasteiger partial charge in [0.25, 0.3) is 11.6 Å². The molecule has 150 valence electrons. The van der Waals surface area contributed by atoms with Crippen LogP contribution in [0.2, 0.25) is 10.0 Å². The number of aromatic nitrogens is 2. The Bertz CT molecular complexity index is 1130. The monoisotopic (exact) mass is 434 g/mol. The second kappa shape index (κ2) is 8.10. The number of rotatable bonds is 5. The van der Waals surface area contributed by atoms with Crippen molar-refractivity contribution in [3.05, 3.63) is 73.5 Å². The normalized spacial score (nSPS) is 10.7. The van der Waals surface area contributed by atoms with Crippen molar-refractivity contribution in [1.29, 1.82) is 0 Å². The number of benzene rings is 2. The van der Waals surface area contributed by atoms with Crippen LogP contribution in [0.1, 0.15) is 21.7 Å². The van der Waals surface area contributed by atoms with Gasteiger partial charge in [-0.05, 0) is 32.0 Å². The molecule has 3 aromatic rings. The van der Waals surface area contributed by atoms with Gasteiger partial charge in [0.2, 0.25) is 0 Å². The summed E-state index contributed by atoms with van der Waals surface area (Å²) in [6, 6.07) is 8.57. The van der Waals surface area contributed by atoms with Crippen LogP contribution in [0.4, 0.5) is 11.4 Å². The van der Waals surface area contributed by atoms with Crippen LogP contribution in [0.15, 0.2) is 36.4 Å². The summed E-state index contributed by atoms with van der Waals surface area (Å²) in [7, 11) is 1.73. The molecule has 0 aliphatic carbocycles. The lowest BCUT2D eigenvalue weighted by atomic mass is 10.1. The van der Waals surface area contributed by atoms with Crippen molar-refractivity contribution < 1.29 is 14.5 Å². The molecule has 0 fully saturated rings. The minimum Gasteiger partial charge on any atom is -0.455 e. The lowest BCUT2D eigenvalue weighted by molar-refractivity contribution is -0.384. The smallest absolute Gasteiger partial charge is 0.275 e. The number of hydrogen-bond donors (Lipinski definition) is 1. The largest absolute Gasteiger partial charge is 0.455 e. The van der Waals surface area contributed by atoms with Crippen LogP contribution in [-0.2, 0) is 7.05 Å². The third-order valence-electron chi connectivity index (χ3n) is 4.22. The molecule has 0 aliphatic rings. The van der Waals surface area contributed by atoms with Crippen LogP contribution < -0.4 is 10.1 Å². The number of aryl methyl sites for hydroxylation is 2.